The van der Waals surface area contributed by atoms with Crippen LogP contribution < -0.4 is 16.0 Å². The van der Waals surface area contributed by atoms with Crippen LogP contribution in [0, 0.1) is 11.3 Å². The lowest BCUT2D eigenvalue weighted by atomic mass is 9.71. The molecule has 1 aromatic carbocycles. The van der Waals surface area contributed by atoms with E-state index in [0.29, 0.717) is 11.6 Å². The predicted octanol–water partition coefficient (Wildman–Crippen LogP) is 2.47. The highest BCUT2D eigenvalue weighted by atomic mass is 32.2. The molecule has 0 spiro atoms. The first-order chi connectivity index (χ1) is 9.72. The van der Waals surface area contributed by atoms with Crippen LogP contribution in [0.3, 0.4) is 0 Å². The van der Waals surface area contributed by atoms with Crippen molar-refractivity contribution in [2.75, 3.05) is 5.43 Å². The maximum absolute atomic E-state index is 12.5. The number of benzene rings is 1. The van der Waals surface area contributed by atoms with Gasteiger partial charge in [-0.25, -0.2) is 13.1 Å². The molecule has 0 radical (unpaired) electrons. The molecule has 0 heterocycles. The first-order valence-electron chi connectivity index (χ1n) is 7.31. The lowest BCUT2D eigenvalue weighted by Gasteiger charge is -2.39. The number of nitrogen functional groups attached to an aromatic ring is 1. The largest absolute Gasteiger partial charge is 0.324 e. The van der Waals surface area contributed by atoms with Gasteiger partial charge in [-0.1, -0.05) is 20.8 Å². The van der Waals surface area contributed by atoms with Gasteiger partial charge in [-0.3, -0.25) is 5.84 Å². The molecule has 5 nitrogen and oxygen atoms in total. The van der Waals surface area contributed by atoms with Crippen LogP contribution in [0.5, 0.6) is 0 Å². The van der Waals surface area contributed by atoms with Gasteiger partial charge in [0, 0.05) is 11.7 Å². The van der Waals surface area contributed by atoms with E-state index in [0.717, 1.165) is 19.3 Å². The number of hydrazine groups is 1. The van der Waals surface area contributed by atoms with Crippen molar-refractivity contribution in [1.29, 1.82) is 0 Å². The van der Waals surface area contributed by atoms with Crippen LogP contribution >= 0.6 is 0 Å². The number of nitrogens with two attached hydrogens (primary N) is 1. The summed E-state index contributed by atoms with van der Waals surface area (Å²) in [5.41, 5.74) is 3.35. The molecule has 0 amide bonds. The standard InChI is InChI=1S/C15H25N3O2S/c1-11-8-13(10-15(2,3)9-11)18-21(19,20)14-6-4-12(17-16)5-7-14/h4-7,11,13,17-18H,8-10,16H2,1-3H3. The van der Waals surface area contributed by atoms with Crippen molar-refractivity contribution in [3.8, 4) is 0 Å². The van der Waals surface area contributed by atoms with Gasteiger partial charge >= 0.3 is 0 Å². The van der Waals surface area contributed by atoms with E-state index in [9.17, 15) is 8.42 Å². The summed E-state index contributed by atoms with van der Waals surface area (Å²) < 4.78 is 27.8. The zero-order valence-corrected chi connectivity index (χ0v) is 13.7. The van der Waals surface area contributed by atoms with Gasteiger partial charge in [0.25, 0.3) is 0 Å². The molecule has 0 bridgehead atoms. The number of hydrogen-bond acceptors (Lipinski definition) is 4. The van der Waals surface area contributed by atoms with Crippen molar-refractivity contribution in [2.45, 2.75) is 51.0 Å². The summed E-state index contributed by atoms with van der Waals surface area (Å²) in [4.78, 5) is 0.275. The molecule has 1 saturated carbocycles. The Morgan fingerprint density at radius 3 is 2.33 bits per heavy atom. The van der Waals surface area contributed by atoms with Gasteiger partial charge in [0.15, 0.2) is 0 Å². The fraction of sp³-hybridized carbons (Fsp3) is 0.600. The number of sulfonamides is 1. The quantitative estimate of drug-likeness (QED) is 0.589. The van der Waals surface area contributed by atoms with Crippen molar-refractivity contribution in [2.24, 2.45) is 17.2 Å². The van der Waals surface area contributed by atoms with Crippen molar-refractivity contribution < 1.29 is 8.42 Å². The second-order valence-corrected chi connectivity index (χ2v) is 8.61. The summed E-state index contributed by atoms with van der Waals surface area (Å²) >= 11 is 0. The molecule has 4 N–H and O–H groups in total. The highest BCUT2D eigenvalue weighted by molar-refractivity contribution is 7.89. The molecule has 1 aliphatic rings. The second-order valence-electron chi connectivity index (χ2n) is 6.90. The van der Waals surface area contributed by atoms with Crippen molar-refractivity contribution in [3.63, 3.8) is 0 Å². The molecule has 2 unspecified atom stereocenters. The Kier molecular flexibility index (Phi) is 4.60. The predicted molar refractivity (Wildman–Crippen MR) is 85.2 cm³/mol. The molecule has 0 aliphatic heterocycles. The SMILES string of the molecule is CC1CC(NS(=O)(=O)c2ccc(NN)cc2)CC(C)(C)C1. The maximum Gasteiger partial charge on any atom is 0.240 e. The highest BCUT2D eigenvalue weighted by Gasteiger charge is 2.34. The van der Waals surface area contributed by atoms with Gasteiger partial charge in [-0.15, -0.1) is 0 Å². The van der Waals surface area contributed by atoms with Crippen LogP contribution in [0.1, 0.15) is 40.0 Å². The number of rotatable bonds is 4. The first-order valence-corrected chi connectivity index (χ1v) is 8.79. The van der Waals surface area contributed by atoms with E-state index in [-0.39, 0.29) is 16.4 Å². The van der Waals surface area contributed by atoms with Crippen LogP contribution in [0.25, 0.3) is 0 Å². The second kappa shape index (κ2) is 5.94. The van der Waals surface area contributed by atoms with Gasteiger partial charge in [0.1, 0.15) is 0 Å². The van der Waals surface area contributed by atoms with Gasteiger partial charge in [-0.05, 0) is 54.9 Å². The van der Waals surface area contributed by atoms with E-state index in [4.69, 9.17) is 5.84 Å². The Morgan fingerprint density at radius 1 is 1.19 bits per heavy atom. The zero-order valence-electron chi connectivity index (χ0n) is 12.9. The molecular formula is C15H25N3O2S. The summed E-state index contributed by atoms with van der Waals surface area (Å²) in [5, 5.41) is 0. The topological polar surface area (TPSA) is 84.2 Å². The van der Waals surface area contributed by atoms with E-state index in [1.807, 2.05) is 0 Å². The van der Waals surface area contributed by atoms with E-state index in [1.54, 1.807) is 24.3 Å². The number of nitrogens with one attached hydrogen (secondary N) is 2. The Hall–Kier alpha value is -1.11. The van der Waals surface area contributed by atoms with E-state index >= 15 is 0 Å². The molecule has 1 aliphatic carbocycles. The Labute approximate surface area is 127 Å². The average Bonchev–Trinajstić information content (AvgIpc) is 2.35. The molecular weight excluding hydrogens is 286 g/mol. The lowest BCUT2D eigenvalue weighted by molar-refractivity contribution is 0.163. The fourth-order valence-corrected chi connectivity index (χ4v) is 4.70. The van der Waals surface area contributed by atoms with Crippen LogP contribution in [-0.4, -0.2) is 14.5 Å². The summed E-state index contributed by atoms with van der Waals surface area (Å²) in [7, 11) is -3.48. The molecule has 6 heteroatoms. The summed E-state index contributed by atoms with van der Waals surface area (Å²) in [6.45, 7) is 6.58. The van der Waals surface area contributed by atoms with E-state index < -0.39 is 10.0 Å². The van der Waals surface area contributed by atoms with Gasteiger partial charge < -0.3 is 5.43 Å². The minimum atomic E-state index is -3.48. The molecule has 0 aromatic heterocycles. The minimum absolute atomic E-state index is 0.000981. The number of anilines is 1. The third kappa shape index (κ3) is 4.18. The van der Waals surface area contributed by atoms with Crippen LogP contribution in [0.15, 0.2) is 29.2 Å². The van der Waals surface area contributed by atoms with Crippen LogP contribution in [0.2, 0.25) is 0 Å². The third-order valence-electron chi connectivity index (χ3n) is 4.04. The summed E-state index contributed by atoms with van der Waals surface area (Å²) in [6.07, 6.45) is 2.91. The Balaban J connectivity index is 2.13. The smallest absolute Gasteiger partial charge is 0.240 e. The molecule has 2 rings (SSSR count). The summed E-state index contributed by atoms with van der Waals surface area (Å²) in [5.74, 6) is 5.82. The fourth-order valence-electron chi connectivity index (χ4n) is 3.45. The molecule has 1 fully saturated rings. The average molecular weight is 311 g/mol. The first kappa shape index (κ1) is 16.3. The van der Waals surface area contributed by atoms with E-state index in [2.05, 4.69) is 30.9 Å². The number of hydrogen-bond donors (Lipinski definition) is 3. The van der Waals surface area contributed by atoms with Crippen molar-refractivity contribution in [3.05, 3.63) is 24.3 Å². The van der Waals surface area contributed by atoms with Crippen LogP contribution in [0.4, 0.5) is 5.69 Å². The highest BCUT2D eigenvalue weighted by Crippen LogP contribution is 2.38. The van der Waals surface area contributed by atoms with E-state index in [1.165, 1.54) is 0 Å². The molecule has 2 atom stereocenters. The van der Waals surface area contributed by atoms with Gasteiger partial charge in [0.2, 0.25) is 10.0 Å². The van der Waals surface area contributed by atoms with Gasteiger partial charge in [-0.2, -0.15) is 0 Å². The minimum Gasteiger partial charge on any atom is -0.324 e. The molecule has 21 heavy (non-hydrogen) atoms. The van der Waals surface area contributed by atoms with Crippen LogP contribution in [-0.2, 0) is 10.0 Å². The normalized spacial score (nSPS) is 25.5. The molecule has 0 saturated heterocycles. The third-order valence-corrected chi connectivity index (χ3v) is 5.58. The zero-order chi connectivity index (χ0) is 15.7. The van der Waals surface area contributed by atoms with Gasteiger partial charge in [0.05, 0.1) is 4.90 Å². The van der Waals surface area contributed by atoms with Crippen molar-refractivity contribution >= 4 is 15.7 Å². The maximum atomic E-state index is 12.5. The van der Waals surface area contributed by atoms with Crippen molar-refractivity contribution in [1.82, 2.24) is 4.72 Å². The Bertz CT molecular complexity index is 581. The molecule has 118 valence electrons. The Morgan fingerprint density at radius 2 is 1.81 bits per heavy atom. The monoisotopic (exact) mass is 311 g/mol. The lowest BCUT2D eigenvalue weighted by Crippen LogP contribution is -2.42. The molecule has 1 aromatic rings. The summed E-state index contributed by atoms with van der Waals surface area (Å²) in [6, 6.07) is 6.44.